The lowest BCUT2D eigenvalue weighted by Crippen LogP contribution is -2.67. The van der Waals surface area contributed by atoms with E-state index in [0.717, 1.165) is 44.9 Å². The number of aliphatic hydroxyl groups excluding tert-OH is 3. The minimum Gasteiger partial charge on any atom is -0.393 e. The van der Waals surface area contributed by atoms with Crippen molar-refractivity contribution in [1.82, 2.24) is 0 Å². The van der Waals surface area contributed by atoms with E-state index >= 15 is 0 Å². The Morgan fingerprint density at radius 2 is 1.64 bits per heavy atom. The first-order valence-electron chi connectivity index (χ1n) is 10.4. The molecule has 0 spiro atoms. The summed E-state index contributed by atoms with van der Waals surface area (Å²) >= 11 is 0. The Hall–Kier alpha value is -0.160. The Balaban J connectivity index is 1.71. The Labute approximate surface area is 151 Å². The zero-order valence-electron chi connectivity index (χ0n) is 16.0. The lowest BCUT2D eigenvalue weighted by Gasteiger charge is -2.65. The van der Waals surface area contributed by atoms with Crippen LogP contribution in [0.5, 0.6) is 0 Å². The van der Waals surface area contributed by atoms with Gasteiger partial charge in [-0.25, -0.2) is 0 Å². The monoisotopic (exact) mass is 352 g/mol. The third kappa shape index (κ3) is 2.20. The number of hydrogen-bond acceptors (Lipinski definition) is 4. The molecular formula is C21H36O4. The zero-order valence-corrected chi connectivity index (χ0v) is 16.0. The van der Waals surface area contributed by atoms with E-state index < -0.39 is 23.2 Å². The van der Waals surface area contributed by atoms with Gasteiger partial charge in [-0.3, -0.25) is 0 Å². The van der Waals surface area contributed by atoms with Gasteiger partial charge in [0, 0.05) is 5.41 Å². The summed E-state index contributed by atoms with van der Waals surface area (Å²) in [6.45, 7) is 6.18. The van der Waals surface area contributed by atoms with E-state index in [-0.39, 0.29) is 23.4 Å². The van der Waals surface area contributed by atoms with Crippen LogP contribution in [-0.2, 0) is 0 Å². The number of hydrogen-bond donors (Lipinski definition) is 4. The second-order valence-corrected chi connectivity index (χ2v) is 10.3. The van der Waals surface area contributed by atoms with E-state index in [1.165, 1.54) is 0 Å². The molecule has 0 aromatic rings. The highest BCUT2D eigenvalue weighted by Crippen LogP contribution is 2.69. The van der Waals surface area contributed by atoms with Crippen LogP contribution in [0.1, 0.15) is 72.1 Å². The van der Waals surface area contributed by atoms with E-state index in [1.54, 1.807) is 6.92 Å². The quantitative estimate of drug-likeness (QED) is 0.584. The van der Waals surface area contributed by atoms with Crippen LogP contribution in [0.25, 0.3) is 0 Å². The molecule has 4 nitrogen and oxygen atoms in total. The molecule has 4 aliphatic rings. The van der Waals surface area contributed by atoms with Gasteiger partial charge in [-0.15, -0.1) is 0 Å². The Morgan fingerprint density at radius 1 is 0.920 bits per heavy atom. The molecule has 0 bridgehead atoms. The van der Waals surface area contributed by atoms with Crippen LogP contribution in [-0.4, -0.2) is 44.3 Å². The summed E-state index contributed by atoms with van der Waals surface area (Å²) < 4.78 is 0. The standard InChI is InChI=1S/C21H36O4/c1-12(22)15-7-9-21(25)16-5-4-13-10-14(23)6-8-19(13,2)17(16)11-18(24)20(15,21)3/h12-18,22-25H,4-11H2,1-3H3/t12-,13-,14-,15-,16-,17+,18+,19-,20-,21-/m0/s1. The fraction of sp³-hybridized carbons (Fsp3) is 1.00. The minimum atomic E-state index is -0.874. The summed E-state index contributed by atoms with van der Waals surface area (Å²) in [6.07, 6.45) is 5.76. The summed E-state index contributed by atoms with van der Waals surface area (Å²) in [7, 11) is 0. The molecule has 4 aliphatic carbocycles. The molecule has 10 atom stereocenters. The first-order chi connectivity index (χ1) is 11.6. The molecule has 0 radical (unpaired) electrons. The maximum absolute atomic E-state index is 11.9. The normalized spacial score (nSPS) is 59.6. The first-order valence-corrected chi connectivity index (χ1v) is 10.4. The van der Waals surface area contributed by atoms with Crippen molar-refractivity contribution in [2.75, 3.05) is 0 Å². The van der Waals surface area contributed by atoms with Gasteiger partial charge in [0.25, 0.3) is 0 Å². The third-order valence-corrected chi connectivity index (χ3v) is 9.57. The molecule has 4 fully saturated rings. The number of rotatable bonds is 1. The highest BCUT2D eigenvalue weighted by Gasteiger charge is 2.70. The van der Waals surface area contributed by atoms with Crippen molar-refractivity contribution >= 4 is 0 Å². The van der Waals surface area contributed by atoms with E-state index in [9.17, 15) is 20.4 Å². The topological polar surface area (TPSA) is 80.9 Å². The van der Waals surface area contributed by atoms with E-state index in [1.807, 2.05) is 6.92 Å². The molecule has 0 aliphatic heterocycles. The van der Waals surface area contributed by atoms with Crippen molar-refractivity contribution in [3.63, 3.8) is 0 Å². The largest absolute Gasteiger partial charge is 0.393 e. The minimum absolute atomic E-state index is 0.0350. The van der Waals surface area contributed by atoms with Crippen molar-refractivity contribution in [2.24, 2.45) is 34.5 Å². The van der Waals surface area contributed by atoms with E-state index in [4.69, 9.17) is 0 Å². The highest BCUT2D eigenvalue weighted by molar-refractivity contribution is 5.20. The summed E-state index contributed by atoms with van der Waals surface area (Å²) in [5.74, 6) is 1.000. The average molecular weight is 353 g/mol. The van der Waals surface area contributed by atoms with Gasteiger partial charge in [0.1, 0.15) is 0 Å². The molecule has 0 amide bonds. The molecule has 0 aromatic carbocycles. The maximum Gasteiger partial charge on any atom is 0.0760 e. The molecule has 4 saturated carbocycles. The number of aliphatic hydroxyl groups is 4. The fourth-order valence-corrected chi connectivity index (χ4v) is 7.99. The predicted octanol–water partition coefficient (Wildman–Crippen LogP) is 2.47. The van der Waals surface area contributed by atoms with E-state index in [2.05, 4.69) is 6.92 Å². The fourth-order valence-electron chi connectivity index (χ4n) is 7.99. The van der Waals surface area contributed by atoms with Gasteiger partial charge in [-0.2, -0.15) is 0 Å². The SMILES string of the molecule is C[C@H](O)[C@@H]1CC[C@]2(O)[C@H]3CC[C@H]4C[C@@H](O)CC[C@]4(C)[C@@H]3C[C@@H](O)[C@]12C. The second kappa shape index (κ2) is 5.67. The lowest BCUT2D eigenvalue weighted by atomic mass is 9.42. The molecule has 4 N–H and O–H groups in total. The van der Waals surface area contributed by atoms with Crippen LogP contribution in [0.2, 0.25) is 0 Å². The third-order valence-electron chi connectivity index (χ3n) is 9.57. The van der Waals surface area contributed by atoms with Gasteiger partial charge >= 0.3 is 0 Å². The highest BCUT2D eigenvalue weighted by atomic mass is 16.3. The van der Waals surface area contributed by atoms with Gasteiger partial charge in [0.2, 0.25) is 0 Å². The molecule has 4 rings (SSSR count). The van der Waals surface area contributed by atoms with Gasteiger partial charge in [0.05, 0.1) is 23.9 Å². The summed E-state index contributed by atoms with van der Waals surface area (Å²) in [4.78, 5) is 0. The summed E-state index contributed by atoms with van der Waals surface area (Å²) in [5.41, 5.74) is -1.37. The molecule has 25 heavy (non-hydrogen) atoms. The lowest BCUT2D eigenvalue weighted by molar-refractivity contribution is -0.252. The molecule has 144 valence electrons. The molecule has 0 saturated heterocycles. The van der Waals surface area contributed by atoms with Crippen molar-refractivity contribution in [1.29, 1.82) is 0 Å². The second-order valence-electron chi connectivity index (χ2n) is 10.3. The summed E-state index contributed by atoms with van der Waals surface area (Å²) in [5, 5.41) is 43.5. The van der Waals surface area contributed by atoms with Crippen molar-refractivity contribution in [2.45, 2.75) is 96.1 Å². The average Bonchev–Trinajstić information content (AvgIpc) is 2.83. The molecule has 0 unspecified atom stereocenters. The van der Waals surface area contributed by atoms with Crippen molar-refractivity contribution < 1.29 is 20.4 Å². The molecule has 0 aromatic heterocycles. The Morgan fingerprint density at radius 3 is 2.32 bits per heavy atom. The van der Waals surface area contributed by atoms with Crippen LogP contribution < -0.4 is 0 Å². The first kappa shape index (κ1) is 18.2. The van der Waals surface area contributed by atoms with E-state index in [0.29, 0.717) is 18.3 Å². The van der Waals surface area contributed by atoms with Crippen LogP contribution >= 0.6 is 0 Å². The van der Waals surface area contributed by atoms with Crippen LogP contribution in [0.15, 0.2) is 0 Å². The van der Waals surface area contributed by atoms with Gasteiger partial charge in [0.15, 0.2) is 0 Å². The molecular weight excluding hydrogens is 316 g/mol. The smallest absolute Gasteiger partial charge is 0.0760 e. The Bertz CT molecular complexity index is 536. The van der Waals surface area contributed by atoms with Crippen LogP contribution in [0.3, 0.4) is 0 Å². The van der Waals surface area contributed by atoms with Crippen LogP contribution in [0.4, 0.5) is 0 Å². The van der Waals surface area contributed by atoms with Gasteiger partial charge < -0.3 is 20.4 Å². The summed E-state index contributed by atoms with van der Waals surface area (Å²) in [6, 6.07) is 0. The zero-order chi connectivity index (χ0) is 18.2. The van der Waals surface area contributed by atoms with Crippen LogP contribution in [0, 0.1) is 34.5 Å². The van der Waals surface area contributed by atoms with Crippen molar-refractivity contribution in [3.8, 4) is 0 Å². The van der Waals surface area contributed by atoms with Gasteiger partial charge in [-0.1, -0.05) is 13.8 Å². The molecule has 4 heteroatoms. The van der Waals surface area contributed by atoms with Crippen molar-refractivity contribution in [3.05, 3.63) is 0 Å². The predicted molar refractivity (Wildman–Crippen MR) is 95.8 cm³/mol. The molecule has 0 heterocycles. The number of fused-ring (bicyclic) bond motifs is 5. The Kier molecular flexibility index (Phi) is 4.13. The van der Waals surface area contributed by atoms with Gasteiger partial charge in [-0.05, 0) is 87.4 Å². The maximum atomic E-state index is 11.9.